The second-order valence-electron chi connectivity index (χ2n) is 5.75. The van der Waals surface area contributed by atoms with Crippen LogP contribution >= 0.6 is 15.9 Å². The van der Waals surface area contributed by atoms with Crippen molar-refractivity contribution in [3.8, 4) is 0 Å². The molecule has 1 aromatic rings. The van der Waals surface area contributed by atoms with Gasteiger partial charge in [-0.3, -0.25) is 9.59 Å². The Morgan fingerprint density at radius 3 is 2.45 bits per heavy atom. The van der Waals surface area contributed by atoms with E-state index in [0.717, 1.165) is 35.8 Å². The topological polar surface area (TPSA) is 49.4 Å². The van der Waals surface area contributed by atoms with Crippen molar-refractivity contribution in [3.05, 3.63) is 28.7 Å². The largest absolute Gasteiger partial charge is 0.343 e. The molecule has 1 fully saturated rings. The number of rotatable bonds is 5. The minimum atomic E-state index is -0.00104. The summed E-state index contributed by atoms with van der Waals surface area (Å²) < 4.78 is 0.990. The Kier molecular flexibility index (Phi) is 6.43. The summed E-state index contributed by atoms with van der Waals surface area (Å²) in [6.07, 6.45) is 4.12. The lowest BCUT2D eigenvalue weighted by molar-refractivity contribution is -0.134. The van der Waals surface area contributed by atoms with E-state index in [1.807, 2.05) is 29.2 Å². The molecule has 0 aromatic heterocycles. The molecule has 0 bridgehead atoms. The van der Waals surface area contributed by atoms with Gasteiger partial charge in [-0.2, -0.15) is 0 Å². The SMILES string of the molecule is CCCCC(=O)N1CCC(C(=O)Nc2ccc(Br)cc2)CC1. The third-order valence-corrected chi connectivity index (χ3v) is 4.60. The Labute approximate surface area is 140 Å². The van der Waals surface area contributed by atoms with Crippen LogP contribution < -0.4 is 5.32 Å². The van der Waals surface area contributed by atoms with Crippen molar-refractivity contribution in [2.45, 2.75) is 39.0 Å². The fraction of sp³-hybridized carbons (Fsp3) is 0.529. The van der Waals surface area contributed by atoms with E-state index in [4.69, 9.17) is 0 Å². The predicted octanol–water partition coefficient (Wildman–Crippen LogP) is 3.82. The summed E-state index contributed by atoms with van der Waals surface area (Å²) in [6.45, 7) is 3.48. The first-order valence-corrected chi connectivity index (χ1v) is 8.73. The van der Waals surface area contributed by atoms with Crippen LogP contribution in [0, 0.1) is 5.92 Å². The Morgan fingerprint density at radius 2 is 1.86 bits per heavy atom. The molecule has 1 aliphatic heterocycles. The minimum absolute atomic E-state index is 0.00104. The molecular formula is C17H23BrN2O2. The van der Waals surface area contributed by atoms with Gasteiger partial charge in [0.25, 0.3) is 0 Å². The number of hydrogen-bond donors (Lipinski definition) is 1. The molecule has 1 N–H and O–H groups in total. The molecule has 1 heterocycles. The van der Waals surface area contributed by atoms with Crippen LogP contribution in [-0.2, 0) is 9.59 Å². The van der Waals surface area contributed by atoms with Crippen molar-refractivity contribution < 1.29 is 9.59 Å². The van der Waals surface area contributed by atoms with Gasteiger partial charge in [0.2, 0.25) is 11.8 Å². The van der Waals surface area contributed by atoms with Crippen LogP contribution in [0.25, 0.3) is 0 Å². The van der Waals surface area contributed by atoms with Crippen molar-refractivity contribution in [2.75, 3.05) is 18.4 Å². The Hall–Kier alpha value is -1.36. The van der Waals surface area contributed by atoms with E-state index in [0.29, 0.717) is 19.5 Å². The van der Waals surface area contributed by atoms with Crippen molar-refractivity contribution in [1.29, 1.82) is 0 Å². The lowest BCUT2D eigenvalue weighted by Gasteiger charge is -2.31. The number of nitrogens with one attached hydrogen (secondary N) is 1. The predicted molar refractivity (Wildman–Crippen MR) is 91.6 cm³/mol. The first-order chi connectivity index (χ1) is 10.6. The monoisotopic (exact) mass is 366 g/mol. The number of likely N-dealkylation sites (tertiary alicyclic amines) is 1. The minimum Gasteiger partial charge on any atom is -0.343 e. The van der Waals surface area contributed by atoms with E-state index in [1.165, 1.54) is 0 Å². The van der Waals surface area contributed by atoms with Gasteiger partial charge in [-0.25, -0.2) is 0 Å². The number of hydrogen-bond acceptors (Lipinski definition) is 2. The molecule has 0 spiro atoms. The molecule has 22 heavy (non-hydrogen) atoms. The molecule has 0 saturated carbocycles. The number of anilines is 1. The highest BCUT2D eigenvalue weighted by atomic mass is 79.9. The van der Waals surface area contributed by atoms with Crippen molar-refractivity contribution in [1.82, 2.24) is 4.90 Å². The number of nitrogens with zero attached hydrogens (tertiary/aromatic N) is 1. The van der Waals surface area contributed by atoms with Gasteiger partial charge in [0.05, 0.1) is 0 Å². The molecule has 0 unspecified atom stereocenters. The second-order valence-corrected chi connectivity index (χ2v) is 6.67. The van der Waals surface area contributed by atoms with Crippen LogP contribution in [0.1, 0.15) is 39.0 Å². The zero-order valence-corrected chi connectivity index (χ0v) is 14.6. The fourth-order valence-corrected chi connectivity index (χ4v) is 2.92. The zero-order valence-electron chi connectivity index (χ0n) is 13.0. The Bertz CT molecular complexity index is 508. The van der Waals surface area contributed by atoms with Gasteiger partial charge in [-0.15, -0.1) is 0 Å². The first kappa shape index (κ1) is 17.0. The van der Waals surface area contributed by atoms with Crippen LogP contribution in [0.2, 0.25) is 0 Å². The molecule has 2 amide bonds. The smallest absolute Gasteiger partial charge is 0.227 e. The standard InChI is InChI=1S/C17H23BrN2O2/c1-2-3-4-16(21)20-11-9-13(10-12-20)17(22)19-15-7-5-14(18)6-8-15/h5-8,13H,2-4,9-12H2,1H3,(H,19,22). The third-order valence-electron chi connectivity index (χ3n) is 4.07. The Balaban J connectivity index is 1.79. The van der Waals surface area contributed by atoms with Crippen molar-refractivity contribution in [3.63, 3.8) is 0 Å². The molecule has 5 heteroatoms. The molecule has 120 valence electrons. The molecule has 4 nitrogen and oxygen atoms in total. The summed E-state index contributed by atoms with van der Waals surface area (Å²) >= 11 is 3.38. The average Bonchev–Trinajstić information content (AvgIpc) is 2.55. The maximum absolute atomic E-state index is 12.3. The summed E-state index contributed by atoms with van der Waals surface area (Å²) in [4.78, 5) is 26.2. The number of amides is 2. The first-order valence-electron chi connectivity index (χ1n) is 7.94. The normalized spacial score (nSPS) is 15.6. The highest BCUT2D eigenvalue weighted by molar-refractivity contribution is 9.10. The van der Waals surface area contributed by atoms with E-state index >= 15 is 0 Å². The molecule has 0 radical (unpaired) electrons. The van der Waals surface area contributed by atoms with E-state index in [-0.39, 0.29) is 17.7 Å². The second kappa shape index (κ2) is 8.32. The summed E-state index contributed by atoms with van der Waals surface area (Å²) in [6, 6.07) is 7.58. The quantitative estimate of drug-likeness (QED) is 0.860. The van der Waals surface area contributed by atoms with Crippen LogP contribution in [0.3, 0.4) is 0 Å². The molecular weight excluding hydrogens is 344 g/mol. The lowest BCUT2D eigenvalue weighted by atomic mass is 9.95. The number of benzene rings is 1. The van der Waals surface area contributed by atoms with E-state index in [1.54, 1.807) is 0 Å². The van der Waals surface area contributed by atoms with Gasteiger partial charge in [-0.1, -0.05) is 29.3 Å². The Morgan fingerprint density at radius 1 is 1.23 bits per heavy atom. The summed E-state index contributed by atoms with van der Waals surface area (Å²) in [5.41, 5.74) is 0.814. The maximum Gasteiger partial charge on any atom is 0.227 e. The fourth-order valence-electron chi connectivity index (χ4n) is 2.65. The number of unbranched alkanes of at least 4 members (excludes halogenated alkanes) is 1. The lowest BCUT2D eigenvalue weighted by Crippen LogP contribution is -2.41. The number of carbonyl (C=O) groups excluding carboxylic acids is 2. The molecule has 1 aromatic carbocycles. The molecule has 0 aliphatic carbocycles. The molecule has 1 saturated heterocycles. The van der Waals surface area contributed by atoms with Crippen LogP contribution in [0.5, 0.6) is 0 Å². The summed E-state index contributed by atoms with van der Waals surface area (Å²) in [5.74, 6) is 0.287. The molecule has 2 rings (SSSR count). The van der Waals surface area contributed by atoms with E-state index < -0.39 is 0 Å². The van der Waals surface area contributed by atoms with E-state index in [2.05, 4.69) is 28.2 Å². The van der Waals surface area contributed by atoms with Crippen molar-refractivity contribution >= 4 is 33.4 Å². The van der Waals surface area contributed by atoms with Crippen LogP contribution in [-0.4, -0.2) is 29.8 Å². The number of piperidine rings is 1. The third kappa shape index (κ3) is 4.83. The molecule has 0 atom stereocenters. The highest BCUT2D eigenvalue weighted by Gasteiger charge is 2.26. The van der Waals surface area contributed by atoms with Gasteiger partial charge in [-0.05, 0) is 43.5 Å². The van der Waals surface area contributed by atoms with E-state index in [9.17, 15) is 9.59 Å². The van der Waals surface area contributed by atoms with Crippen molar-refractivity contribution in [2.24, 2.45) is 5.92 Å². The van der Waals surface area contributed by atoms with Gasteiger partial charge in [0, 0.05) is 35.6 Å². The summed E-state index contributed by atoms with van der Waals surface area (Å²) in [5, 5.41) is 2.95. The van der Waals surface area contributed by atoms with Gasteiger partial charge >= 0.3 is 0 Å². The summed E-state index contributed by atoms with van der Waals surface area (Å²) in [7, 11) is 0. The highest BCUT2D eigenvalue weighted by Crippen LogP contribution is 2.21. The van der Waals surface area contributed by atoms with Gasteiger partial charge in [0.1, 0.15) is 0 Å². The van der Waals surface area contributed by atoms with Crippen LogP contribution in [0.15, 0.2) is 28.7 Å². The average molecular weight is 367 g/mol. The number of halogens is 1. The number of carbonyl (C=O) groups is 2. The molecule has 1 aliphatic rings. The van der Waals surface area contributed by atoms with Crippen LogP contribution in [0.4, 0.5) is 5.69 Å². The zero-order chi connectivity index (χ0) is 15.9. The van der Waals surface area contributed by atoms with Gasteiger partial charge < -0.3 is 10.2 Å². The maximum atomic E-state index is 12.3. The van der Waals surface area contributed by atoms with Gasteiger partial charge in [0.15, 0.2) is 0 Å².